The molecule has 1 fully saturated rings. The summed E-state index contributed by atoms with van der Waals surface area (Å²) < 4.78 is 5.19. The lowest BCUT2D eigenvalue weighted by atomic mass is 9.99. The largest absolute Gasteiger partial charge is 0.508 e. The van der Waals surface area contributed by atoms with E-state index in [1.54, 1.807) is 19.2 Å². The average molecular weight is 235 g/mol. The van der Waals surface area contributed by atoms with Gasteiger partial charge < -0.3 is 9.84 Å². The molecule has 0 unspecified atom stereocenters. The average Bonchev–Trinajstić information content (AvgIpc) is 2.32. The van der Waals surface area contributed by atoms with Gasteiger partial charge in [0.2, 0.25) is 0 Å². The van der Waals surface area contributed by atoms with E-state index in [2.05, 4.69) is 11.8 Å². The number of rotatable bonds is 3. The smallest absolute Gasteiger partial charge is 0.120 e. The van der Waals surface area contributed by atoms with Crippen molar-refractivity contribution in [3.05, 3.63) is 23.8 Å². The third-order valence-electron chi connectivity index (χ3n) is 3.42. The Morgan fingerprint density at radius 1 is 1.47 bits per heavy atom. The number of benzene rings is 1. The van der Waals surface area contributed by atoms with E-state index in [1.165, 1.54) is 12.8 Å². The first-order valence-electron chi connectivity index (χ1n) is 6.27. The summed E-state index contributed by atoms with van der Waals surface area (Å²) in [5.41, 5.74) is 0.957. The van der Waals surface area contributed by atoms with Crippen molar-refractivity contribution in [2.75, 3.05) is 20.2 Å². The fourth-order valence-electron chi connectivity index (χ4n) is 2.49. The first kappa shape index (κ1) is 12.2. The summed E-state index contributed by atoms with van der Waals surface area (Å²) in [5.74, 6) is 1.93. The maximum absolute atomic E-state index is 9.84. The SMILES string of the molecule is COc1ccc(O)c(CN2CCC[C@H](C)C2)c1. The Kier molecular flexibility index (Phi) is 3.89. The third-order valence-corrected chi connectivity index (χ3v) is 3.42. The Morgan fingerprint density at radius 3 is 3.00 bits per heavy atom. The van der Waals surface area contributed by atoms with Crippen LogP contribution in [0.2, 0.25) is 0 Å². The lowest BCUT2D eigenvalue weighted by Crippen LogP contribution is -2.33. The van der Waals surface area contributed by atoms with Crippen LogP contribution >= 0.6 is 0 Å². The van der Waals surface area contributed by atoms with Crippen LogP contribution in [0.15, 0.2) is 18.2 Å². The number of hydrogen-bond donors (Lipinski definition) is 1. The molecule has 0 aromatic heterocycles. The molecule has 94 valence electrons. The zero-order chi connectivity index (χ0) is 12.3. The van der Waals surface area contributed by atoms with Crippen molar-refractivity contribution in [2.24, 2.45) is 5.92 Å². The summed E-state index contributed by atoms with van der Waals surface area (Å²) >= 11 is 0. The van der Waals surface area contributed by atoms with E-state index in [9.17, 15) is 5.11 Å². The molecule has 1 aromatic rings. The number of likely N-dealkylation sites (tertiary alicyclic amines) is 1. The first-order chi connectivity index (χ1) is 8.19. The third kappa shape index (κ3) is 3.13. The summed E-state index contributed by atoms with van der Waals surface area (Å²) in [6.45, 7) is 5.35. The van der Waals surface area contributed by atoms with Gasteiger partial charge in [0.25, 0.3) is 0 Å². The summed E-state index contributed by atoms with van der Waals surface area (Å²) in [6.07, 6.45) is 2.58. The van der Waals surface area contributed by atoms with Crippen LogP contribution < -0.4 is 4.74 Å². The highest BCUT2D eigenvalue weighted by atomic mass is 16.5. The van der Waals surface area contributed by atoms with Crippen LogP contribution in [-0.4, -0.2) is 30.2 Å². The van der Waals surface area contributed by atoms with Gasteiger partial charge in [-0.2, -0.15) is 0 Å². The molecule has 0 saturated carbocycles. The van der Waals surface area contributed by atoms with Gasteiger partial charge in [-0.25, -0.2) is 0 Å². The maximum Gasteiger partial charge on any atom is 0.120 e. The van der Waals surface area contributed by atoms with E-state index in [0.29, 0.717) is 5.75 Å². The molecule has 0 amide bonds. The van der Waals surface area contributed by atoms with Crippen molar-refractivity contribution >= 4 is 0 Å². The quantitative estimate of drug-likeness (QED) is 0.874. The molecule has 0 radical (unpaired) electrons. The van der Waals surface area contributed by atoms with Gasteiger partial charge in [-0.05, 0) is 43.5 Å². The summed E-state index contributed by atoms with van der Waals surface area (Å²) in [6, 6.07) is 5.42. The Hall–Kier alpha value is -1.22. The van der Waals surface area contributed by atoms with E-state index in [-0.39, 0.29) is 0 Å². The Labute approximate surface area is 103 Å². The first-order valence-corrected chi connectivity index (χ1v) is 6.27. The lowest BCUT2D eigenvalue weighted by molar-refractivity contribution is 0.175. The molecule has 1 heterocycles. The minimum absolute atomic E-state index is 0.365. The van der Waals surface area contributed by atoms with Crippen LogP contribution in [0, 0.1) is 5.92 Å². The van der Waals surface area contributed by atoms with Gasteiger partial charge in [-0.3, -0.25) is 4.90 Å². The fraction of sp³-hybridized carbons (Fsp3) is 0.571. The topological polar surface area (TPSA) is 32.7 Å². The number of aromatic hydroxyl groups is 1. The second-order valence-electron chi connectivity index (χ2n) is 4.98. The highest BCUT2D eigenvalue weighted by molar-refractivity contribution is 5.39. The van der Waals surface area contributed by atoms with Crippen LogP contribution in [0.25, 0.3) is 0 Å². The van der Waals surface area contributed by atoms with E-state index in [1.807, 2.05) is 6.07 Å². The number of ether oxygens (including phenoxy) is 1. The van der Waals surface area contributed by atoms with Crippen LogP contribution in [-0.2, 0) is 6.54 Å². The molecule has 1 atom stereocenters. The molecule has 2 rings (SSSR count). The van der Waals surface area contributed by atoms with Crippen molar-refractivity contribution in [2.45, 2.75) is 26.3 Å². The molecule has 1 saturated heterocycles. The Balaban J connectivity index is 2.06. The number of hydrogen-bond acceptors (Lipinski definition) is 3. The number of methoxy groups -OCH3 is 1. The van der Waals surface area contributed by atoms with Gasteiger partial charge in [0.1, 0.15) is 11.5 Å². The molecule has 3 heteroatoms. The molecular formula is C14H21NO2. The van der Waals surface area contributed by atoms with Gasteiger partial charge >= 0.3 is 0 Å². The van der Waals surface area contributed by atoms with Crippen LogP contribution in [0.4, 0.5) is 0 Å². The normalized spacial score (nSPS) is 21.4. The molecule has 3 nitrogen and oxygen atoms in total. The van der Waals surface area contributed by atoms with Gasteiger partial charge in [0, 0.05) is 18.7 Å². The highest BCUT2D eigenvalue weighted by Gasteiger charge is 2.17. The second-order valence-corrected chi connectivity index (χ2v) is 4.98. The van der Waals surface area contributed by atoms with Gasteiger partial charge in [-0.1, -0.05) is 6.92 Å². The summed E-state index contributed by atoms with van der Waals surface area (Å²) in [5, 5.41) is 9.84. The summed E-state index contributed by atoms with van der Waals surface area (Å²) in [4.78, 5) is 2.41. The van der Waals surface area contributed by atoms with Crippen molar-refractivity contribution in [3.8, 4) is 11.5 Å². The van der Waals surface area contributed by atoms with Crippen LogP contribution in [0.1, 0.15) is 25.3 Å². The summed E-state index contributed by atoms with van der Waals surface area (Å²) in [7, 11) is 1.65. The van der Waals surface area contributed by atoms with Crippen LogP contribution in [0.5, 0.6) is 11.5 Å². The van der Waals surface area contributed by atoms with E-state index in [0.717, 1.165) is 36.9 Å². The van der Waals surface area contributed by atoms with E-state index < -0.39 is 0 Å². The van der Waals surface area contributed by atoms with Crippen LogP contribution in [0.3, 0.4) is 0 Å². The molecule has 1 N–H and O–H groups in total. The predicted molar refractivity (Wildman–Crippen MR) is 68.3 cm³/mol. The standard InChI is InChI=1S/C14H21NO2/c1-11-4-3-7-15(9-11)10-12-8-13(17-2)5-6-14(12)16/h5-6,8,11,16H,3-4,7,9-10H2,1-2H3/t11-/m0/s1. The fourth-order valence-corrected chi connectivity index (χ4v) is 2.49. The Bertz CT molecular complexity index is 378. The van der Waals surface area contributed by atoms with Crippen molar-refractivity contribution in [3.63, 3.8) is 0 Å². The molecule has 1 aliphatic rings. The lowest BCUT2D eigenvalue weighted by Gasteiger charge is -2.31. The predicted octanol–water partition coefficient (Wildman–Crippen LogP) is 2.63. The van der Waals surface area contributed by atoms with E-state index in [4.69, 9.17) is 4.74 Å². The molecule has 0 bridgehead atoms. The minimum Gasteiger partial charge on any atom is -0.508 e. The molecule has 1 aromatic carbocycles. The number of phenolic OH excluding ortho intramolecular Hbond substituents is 1. The molecule has 0 aliphatic carbocycles. The molecule has 0 spiro atoms. The maximum atomic E-state index is 9.84. The van der Waals surface area contributed by atoms with Gasteiger partial charge in [-0.15, -0.1) is 0 Å². The minimum atomic E-state index is 0.365. The van der Waals surface area contributed by atoms with Crippen molar-refractivity contribution < 1.29 is 9.84 Å². The van der Waals surface area contributed by atoms with Gasteiger partial charge in [0.05, 0.1) is 7.11 Å². The molecular weight excluding hydrogens is 214 g/mol. The number of phenols is 1. The monoisotopic (exact) mass is 235 g/mol. The Morgan fingerprint density at radius 2 is 2.29 bits per heavy atom. The highest BCUT2D eigenvalue weighted by Crippen LogP contribution is 2.26. The van der Waals surface area contributed by atoms with Gasteiger partial charge in [0.15, 0.2) is 0 Å². The second kappa shape index (κ2) is 5.41. The molecule has 1 aliphatic heterocycles. The zero-order valence-electron chi connectivity index (χ0n) is 10.6. The molecule has 17 heavy (non-hydrogen) atoms. The van der Waals surface area contributed by atoms with E-state index >= 15 is 0 Å². The van der Waals surface area contributed by atoms with Crippen molar-refractivity contribution in [1.82, 2.24) is 4.90 Å². The number of nitrogens with zero attached hydrogens (tertiary/aromatic N) is 1. The zero-order valence-corrected chi connectivity index (χ0v) is 10.6. The van der Waals surface area contributed by atoms with Crippen molar-refractivity contribution in [1.29, 1.82) is 0 Å². The number of piperidine rings is 1.